The zero-order valence-electron chi connectivity index (χ0n) is 16.0. The van der Waals surface area contributed by atoms with E-state index in [1.807, 2.05) is 0 Å². The maximum Gasteiger partial charge on any atom is 0.0409 e. The van der Waals surface area contributed by atoms with Gasteiger partial charge < -0.3 is 0 Å². The van der Waals surface area contributed by atoms with Crippen LogP contribution in [0.4, 0.5) is 0 Å². The van der Waals surface area contributed by atoms with E-state index in [1.54, 1.807) is 0 Å². The first-order valence-electron chi connectivity index (χ1n) is 10.2. The molecule has 0 bridgehead atoms. The molecule has 0 unspecified atom stereocenters. The average Bonchev–Trinajstić information content (AvgIpc) is 2.53. The smallest absolute Gasteiger partial charge is 0.0409 e. The first kappa shape index (κ1) is 20.2. The van der Waals surface area contributed by atoms with Crippen LogP contribution in [0.5, 0.6) is 0 Å². The largest absolute Gasteiger partial charge is 0.258 e. The Morgan fingerprint density at radius 2 is 1.00 bits per heavy atom. The molecule has 0 amide bonds. The summed E-state index contributed by atoms with van der Waals surface area (Å²) in [5.41, 5.74) is 4.03. The summed E-state index contributed by atoms with van der Waals surface area (Å²) in [6, 6.07) is 4.58. The van der Waals surface area contributed by atoms with Crippen LogP contribution in [-0.2, 0) is 12.8 Å². The van der Waals surface area contributed by atoms with E-state index in [-0.39, 0.29) is 0 Å². The lowest BCUT2D eigenvalue weighted by molar-refractivity contribution is 0.598. The summed E-state index contributed by atoms with van der Waals surface area (Å²) in [4.78, 5) is 4.90. The molecule has 1 aromatic heterocycles. The van der Waals surface area contributed by atoms with Crippen LogP contribution in [-0.4, -0.2) is 4.98 Å². The second kappa shape index (κ2) is 13.6. The van der Waals surface area contributed by atoms with Crippen LogP contribution in [0.3, 0.4) is 0 Å². The third kappa shape index (κ3) is 10.5. The summed E-state index contributed by atoms with van der Waals surface area (Å²) in [7, 11) is 0. The van der Waals surface area contributed by atoms with E-state index in [0.29, 0.717) is 0 Å². The highest BCUT2D eigenvalue weighted by Gasteiger charge is 2.02. The predicted molar refractivity (Wildman–Crippen MR) is 103 cm³/mol. The average molecular weight is 318 g/mol. The molecule has 0 radical (unpaired) electrons. The number of rotatable bonds is 14. The van der Waals surface area contributed by atoms with Crippen LogP contribution in [0.2, 0.25) is 0 Å². The summed E-state index contributed by atoms with van der Waals surface area (Å²) in [6.07, 6.45) is 18.7. The van der Waals surface area contributed by atoms with Crippen molar-refractivity contribution in [2.45, 2.75) is 111 Å². The van der Waals surface area contributed by atoms with Gasteiger partial charge >= 0.3 is 0 Å². The molecular formula is C22H39N. The van der Waals surface area contributed by atoms with Crippen molar-refractivity contribution in [3.8, 4) is 0 Å². The van der Waals surface area contributed by atoms with Crippen LogP contribution >= 0.6 is 0 Å². The van der Waals surface area contributed by atoms with Gasteiger partial charge in [-0.1, -0.05) is 78.1 Å². The third-order valence-electron chi connectivity index (χ3n) is 4.65. The van der Waals surface area contributed by atoms with Crippen molar-refractivity contribution in [3.05, 3.63) is 29.1 Å². The summed E-state index contributed by atoms with van der Waals surface area (Å²) >= 11 is 0. The first-order valence-corrected chi connectivity index (χ1v) is 10.2. The van der Waals surface area contributed by atoms with Gasteiger partial charge in [0, 0.05) is 11.4 Å². The second-order valence-electron chi connectivity index (χ2n) is 7.16. The summed E-state index contributed by atoms with van der Waals surface area (Å²) in [5, 5.41) is 0. The minimum atomic E-state index is 1.16. The lowest BCUT2D eigenvalue weighted by Gasteiger charge is -2.07. The number of nitrogens with zero attached hydrogens (tertiary/aromatic N) is 1. The topological polar surface area (TPSA) is 12.9 Å². The molecule has 1 rings (SSSR count). The van der Waals surface area contributed by atoms with Crippen molar-refractivity contribution in [3.63, 3.8) is 0 Å². The van der Waals surface area contributed by atoms with Crippen LogP contribution < -0.4 is 0 Å². The molecule has 1 heterocycles. The summed E-state index contributed by atoms with van der Waals surface area (Å²) in [5.74, 6) is 0. The zero-order chi connectivity index (χ0) is 16.8. The molecule has 0 aromatic carbocycles. The molecule has 0 saturated carbocycles. The monoisotopic (exact) mass is 317 g/mol. The van der Waals surface area contributed by atoms with Gasteiger partial charge in [0.25, 0.3) is 0 Å². The van der Waals surface area contributed by atoms with E-state index in [0.717, 1.165) is 12.8 Å². The Bertz CT molecular complexity index is 363. The standard InChI is InChI=1S/C22H39N/c1-4-6-8-10-12-14-16-21-18-20(3)19-22(23-21)17-15-13-11-9-7-5-2/h18-19H,4-17H2,1-3H3. The Balaban J connectivity index is 2.25. The molecular weight excluding hydrogens is 278 g/mol. The van der Waals surface area contributed by atoms with Crippen molar-refractivity contribution >= 4 is 0 Å². The summed E-state index contributed by atoms with van der Waals surface area (Å²) < 4.78 is 0. The molecule has 0 atom stereocenters. The molecule has 1 heteroatoms. The van der Waals surface area contributed by atoms with E-state index < -0.39 is 0 Å². The second-order valence-corrected chi connectivity index (χ2v) is 7.16. The van der Waals surface area contributed by atoms with Gasteiger partial charge in [-0.2, -0.15) is 0 Å². The fourth-order valence-corrected chi connectivity index (χ4v) is 3.25. The predicted octanol–water partition coefficient (Wildman–Crippen LogP) is 7.20. The van der Waals surface area contributed by atoms with Crippen molar-refractivity contribution < 1.29 is 0 Å². The lowest BCUT2D eigenvalue weighted by atomic mass is 10.0. The number of hydrogen-bond acceptors (Lipinski definition) is 1. The molecule has 0 aliphatic heterocycles. The zero-order valence-corrected chi connectivity index (χ0v) is 16.0. The van der Waals surface area contributed by atoms with Gasteiger partial charge in [0.2, 0.25) is 0 Å². The van der Waals surface area contributed by atoms with Crippen LogP contribution in [0.15, 0.2) is 12.1 Å². The Morgan fingerprint density at radius 3 is 1.43 bits per heavy atom. The molecule has 1 nitrogen and oxygen atoms in total. The number of unbranched alkanes of at least 4 members (excludes halogenated alkanes) is 10. The minimum Gasteiger partial charge on any atom is -0.258 e. The van der Waals surface area contributed by atoms with Crippen LogP contribution in [0.25, 0.3) is 0 Å². The van der Waals surface area contributed by atoms with Gasteiger partial charge in [0.1, 0.15) is 0 Å². The number of aryl methyl sites for hydroxylation is 3. The number of pyridine rings is 1. The fourth-order valence-electron chi connectivity index (χ4n) is 3.25. The summed E-state index contributed by atoms with van der Waals surface area (Å²) in [6.45, 7) is 6.78. The van der Waals surface area contributed by atoms with Gasteiger partial charge in [-0.15, -0.1) is 0 Å². The molecule has 0 fully saturated rings. The quantitative estimate of drug-likeness (QED) is 0.331. The fraction of sp³-hybridized carbons (Fsp3) is 0.773. The first-order chi connectivity index (χ1) is 11.3. The Kier molecular flexibility index (Phi) is 11.9. The van der Waals surface area contributed by atoms with Gasteiger partial charge in [0.15, 0.2) is 0 Å². The van der Waals surface area contributed by atoms with E-state index in [4.69, 9.17) is 4.98 Å². The molecule has 0 saturated heterocycles. The van der Waals surface area contributed by atoms with Crippen molar-refractivity contribution in [2.75, 3.05) is 0 Å². The van der Waals surface area contributed by atoms with Crippen molar-refractivity contribution in [1.82, 2.24) is 4.98 Å². The van der Waals surface area contributed by atoms with Gasteiger partial charge in [-0.05, 0) is 50.3 Å². The highest BCUT2D eigenvalue weighted by molar-refractivity contribution is 5.20. The Labute approximate surface area is 145 Å². The van der Waals surface area contributed by atoms with Crippen LogP contribution in [0.1, 0.15) is 108 Å². The molecule has 0 spiro atoms. The highest BCUT2D eigenvalue weighted by Crippen LogP contribution is 2.14. The maximum absolute atomic E-state index is 4.90. The third-order valence-corrected chi connectivity index (χ3v) is 4.65. The lowest BCUT2D eigenvalue weighted by Crippen LogP contribution is -1.98. The molecule has 23 heavy (non-hydrogen) atoms. The van der Waals surface area contributed by atoms with Gasteiger partial charge in [-0.25, -0.2) is 0 Å². The van der Waals surface area contributed by atoms with E-state index in [9.17, 15) is 0 Å². The Morgan fingerprint density at radius 1 is 0.609 bits per heavy atom. The molecule has 0 aliphatic rings. The van der Waals surface area contributed by atoms with E-state index >= 15 is 0 Å². The number of aromatic nitrogens is 1. The molecule has 0 aliphatic carbocycles. The van der Waals surface area contributed by atoms with Gasteiger partial charge in [-0.3, -0.25) is 4.98 Å². The molecule has 0 N–H and O–H groups in total. The molecule has 132 valence electrons. The minimum absolute atomic E-state index is 1.16. The van der Waals surface area contributed by atoms with Crippen molar-refractivity contribution in [2.24, 2.45) is 0 Å². The van der Waals surface area contributed by atoms with E-state index in [1.165, 1.54) is 94.0 Å². The van der Waals surface area contributed by atoms with E-state index in [2.05, 4.69) is 32.9 Å². The van der Waals surface area contributed by atoms with Crippen LogP contribution in [0, 0.1) is 6.92 Å². The van der Waals surface area contributed by atoms with Gasteiger partial charge in [0.05, 0.1) is 0 Å². The Hall–Kier alpha value is -0.850. The normalized spacial score (nSPS) is 11.1. The SMILES string of the molecule is CCCCCCCCc1cc(C)cc(CCCCCCCC)n1. The number of hydrogen-bond donors (Lipinski definition) is 0. The van der Waals surface area contributed by atoms with Crippen molar-refractivity contribution in [1.29, 1.82) is 0 Å². The molecule has 1 aromatic rings. The highest BCUT2D eigenvalue weighted by atomic mass is 14.7. The maximum atomic E-state index is 4.90.